The number of primary sulfonamides is 1. The Bertz CT molecular complexity index is 1390. The molecule has 3 N–H and O–H groups in total. The number of nitrogens with one attached hydrogen (secondary N) is 1. The number of hydrogen-bond acceptors (Lipinski definition) is 5. The van der Waals surface area contributed by atoms with E-state index in [0.717, 1.165) is 70.4 Å². The Morgan fingerprint density at radius 3 is 2.60 bits per heavy atom. The summed E-state index contributed by atoms with van der Waals surface area (Å²) in [5, 5.41) is 9.16. The quantitative estimate of drug-likeness (QED) is 0.448. The fourth-order valence-electron chi connectivity index (χ4n) is 4.66. The van der Waals surface area contributed by atoms with Gasteiger partial charge >= 0.3 is 0 Å². The van der Waals surface area contributed by atoms with Crippen molar-refractivity contribution in [1.29, 1.82) is 0 Å². The van der Waals surface area contributed by atoms with E-state index in [9.17, 15) is 13.2 Å². The lowest BCUT2D eigenvalue weighted by atomic mass is 9.93. The Balaban J connectivity index is 1.52. The molecule has 0 saturated heterocycles. The molecule has 1 aliphatic rings. The molecule has 2 aromatic carbocycles. The van der Waals surface area contributed by atoms with Gasteiger partial charge in [-0.05, 0) is 75.8 Å². The summed E-state index contributed by atoms with van der Waals surface area (Å²) in [5.41, 5.74) is 5.76. The molecule has 1 heterocycles. The van der Waals surface area contributed by atoms with Gasteiger partial charge in [0, 0.05) is 41.1 Å². The number of allylic oxidation sites excluding steroid dienone is 1. The zero-order valence-electron chi connectivity index (χ0n) is 20.4. The number of benzene rings is 2. The molecule has 0 fully saturated rings. The van der Waals surface area contributed by atoms with E-state index < -0.39 is 10.0 Å². The molecule has 0 spiro atoms. The third-order valence-electron chi connectivity index (χ3n) is 6.45. The van der Waals surface area contributed by atoms with E-state index in [0.29, 0.717) is 19.6 Å². The minimum absolute atomic E-state index is 0.0695. The monoisotopic (exact) mass is 496 g/mol. The van der Waals surface area contributed by atoms with Gasteiger partial charge in [-0.15, -0.1) is 0 Å². The van der Waals surface area contributed by atoms with Gasteiger partial charge in [-0.25, -0.2) is 13.6 Å². The van der Waals surface area contributed by atoms with Gasteiger partial charge in [0.1, 0.15) is 17.1 Å². The SMILES string of the molecule is CCOc1c(/C(C)=C/C(=O)NCCc2ccc(S(N)(=O)=O)cc2)cc2c3c(oc2c1C)CCCC3. The normalized spacial score (nSPS) is 14.1. The number of nitrogens with two attached hydrogens (primary N) is 1. The first-order chi connectivity index (χ1) is 16.7. The fraction of sp³-hybridized carbons (Fsp3) is 0.370. The summed E-state index contributed by atoms with van der Waals surface area (Å²) < 4.78 is 35.0. The molecule has 35 heavy (non-hydrogen) atoms. The number of carbonyl (C=O) groups excluding carboxylic acids is 1. The van der Waals surface area contributed by atoms with Gasteiger partial charge < -0.3 is 14.5 Å². The van der Waals surface area contributed by atoms with Crippen LogP contribution in [-0.2, 0) is 34.1 Å². The van der Waals surface area contributed by atoms with Crippen molar-refractivity contribution < 1.29 is 22.4 Å². The molecule has 0 atom stereocenters. The predicted octanol–water partition coefficient (Wildman–Crippen LogP) is 4.43. The van der Waals surface area contributed by atoms with Crippen molar-refractivity contribution in [3.8, 4) is 5.75 Å². The van der Waals surface area contributed by atoms with E-state index in [4.69, 9.17) is 14.3 Å². The lowest BCUT2D eigenvalue weighted by Gasteiger charge is -2.15. The summed E-state index contributed by atoms with van der Waals surface area (Å²) >= 11 is 0. The van der Waals surface area contributed by atoms with Gasteiger partial charge in [0.25, 0.3) is 0 Å². The van der Waals surface area contributed by atoms with Crippen molar-refractivity contribution in [1.82, 2.24) is 5.32 Å². The molecule has 0 saturated carbocycles. The van der Waals surface area contributed by atoms with E-state index in [-0.39, 0.29) is 10.8 Å². The van der Waals surface area contributed by atoms with Crippen LogP contribution in [0.5, 0.6) is 5.75 Å². The van der Waals surface area contributed by atoms with Crippen LogP contribution in [0.4, 0.5) is 0 Å². The van der Waals surface area contributed by atoms with Crippen LogP contribution in [0.25, 0.3) is 16.5 Å². The maximum absolute atomic E-state index is 12.7. The second kappa shape index (κ2) is 10.3. The highest BCUT2D eigenvalue weighted by Gasteiger charge is 2.23. The van der Waals surface area contributed by atoms with Crippen LogP contribution in [0.1, 0.15) is 54.7 Å². The van der Waals surface area contributed by atoms with Crippen LogP contribution < -0.4 is 15.2 Å². The van der Waals surface area contributed by atoms with Crippen molar-refractivity contribution in [3.63, 3.8) is 0 Å². The summed E-state index contributed by atoms with van der Waals surface area (Å²) in [6.07, 6.45) is 6.44. The zero-order chi connectivity index (χ0) is 25.2. The molecule has 0 radical (unpaired) electrons. The highest BCUT2D eigenvalue weighted by atomic mass is 32.2. The molecule has 3 aromatic rings. The van der Waals surface area contributed by atoms with E-state index in [1.807, 2.05) is 20.8 Å². The standard InChI is InChI=1S/C27H32N2O5S/c1-4-33-26-18(3)27-23(21-7-5-6-8-24(21)34-27)16-22(26)17(2)15-25(30)29-14-13-19-9-11-20(12-10-19)35(28,31)32/h9-12,15-16H,4-8,13-14H2,1-3H3,(H,29,30)(H2,28,31,32)/b17-15+. The van der Waals surface area contributed by atoms with Crippen LogP contribution in [0.15, 0.2) is 45.7 Å². The molecule has 1 amide bonds. The molecule has 1 aromatic heterocycles. The zero-order valence-corrected chi connectivity index (χ0v) is 21.3. The Hall–Kier alpha value is -3.10. The van der Waals surface area contributed by atoms with Crippen molar-refractivity contribution >= 4 is 32.5 Å². The predicted molar refractivity (Wildman–Crippen MR) is 137 cm³/mol. The summed E-state index contributed by atoms with van der Waals surface area (Å²) in [6, 6.07) is 8.45. The van der Waals surface area contributed by atoms with Gasteiger partial charge in [-0.1, -0.05) is 12.1 Å². The largest absolute Gasteiger partial charge is 0.493 e. The maximum Gasteiger partial charge on any atom is 0.244 e. The molecule has 0 aliphatic heterocycles. The number of amides is 1. The smallest absolute Gasteiger partial charge is 0.244 e. The minimum atomic E-state index is -3.71. The van der Waals surface area contributed by atoms with Crippen LogP contribution in [0.2, 0.25) is 0 Å². The summed E-state index contributed by atoms with van der Waals surface area (Å²) in [7, 11) is -3.71. The van der Waals surface area contributed by atoms with Crippen molar-refractivity contribution in [3.05, 3.63) is 64.4 Å². The third-order valence-corrected chi connectivity index (χ3v) is 7.38. The highest BCUT2D eigenvalue weighted by Crippen LogP contribution is 2.41. The minimum Gasteiger partial charge on any atom is -0.493 e. The summed E-state index contributed by atoms with van der Waals surface area (Å²) in [6.45, 7) is 6.82. The fourth-order valence-corrected chi connectivity index (χ4v) is 5.18. The van der Waals surface area contributed by atoms with Gasteiger partial charge in [0.2, 0.25) is 15.9 Å². The van der Waals surface area contributed by atoms with Crippen LogP contribution in [0, 0.1) is 6.92 Å². The van der Waals surface area contributed by atoms with E-state index in [2.05, 4.69) is 11.4 Å². The Kier molecular flexibility index (Phi) is 7.33. The number of hydrogen-bond donors (Lipinski definition) is 2. The molecule has 7 nitrogen and oxygen atoms in total. The second-order valence-corrected chi connectivity index (χ2v) is 10.5. The molecule has 186 valence electrons. The summed E-state index contributed by atoms with van der Waals surface area (Å²) in [4.78, 5) is 12.7. The molecule has 8 heteroatoms. The van der Waals surface area contributed by atoms with E-state index in [1.165, 1.54) is 17.7 Å². The van der Waals surface area contributed by atoms with Gasteiger partial charge in [0.05, 0.1) is 11.5 Å². The van der Waals surface area contributed by atoms with Gasteiger partial charge in [0.15, 0.2) is 0 Å². The molecule has 0 unspecified atom stereocenters. The number of rotatable bonds is 8. The Morgan fingerprint density at radius 1 is 1.20 bits per heavy atom. The molecular weight excluding hydrogens is 464 g/mol. The topological polar surface area (TPSA) is 112 Å². The number of ether oxygens (including phenoxy) is 1. The highest BCUT2D eigenvalue weighted by molar-refractivity contribution is 7.89. The summed E-state index contributed by atoms with van der Waals surface area (Å²) in [5.74, 6) is 1.63. The number of carbonyl (C=O) groups is 1. The van der Waals surface area contributed by atoms with Gasteiger partial charge in [-0.3, -0.25) is 4.79 Å². The maximum atomic E-state index is 12.7. The van der Waals surface area contributed by atoms with E-state index in [1.54, 1.807) is 18.2 Å². The number of fused-ring (bicyclic) bond motifs is 3. The number of sulfonamides is 1. The van der Waals surface area contributed by atoms with Crippen molar-refractivity contribution in [2.24, 2.45) is 5.14 Å². The van der Waals surface area contributed by atoms with Crippen LogP contribution in [0.3, 0.4) is 0 Å². The first-order valence-corrected chi connectivity index (χ1v) is 13.5. The van der Waals surface area contributed by atoms with Crippen molar-refractivity contribution in [2.45, 2.75) is 57.8 Å². The van der Waals surface area contributed by atoms with Crippen LogP contribution in [-0.4, -0.2) is 27.5 Å². The molecular formula is C27H32N2O5S. The van der Waals surface area contributed by atoms with E-state index >= 15 is 0 Å². The Morgan fingerprint density at radius 2 is 1.91 bits per heavy atom. The lowest BCUT2D eigenvalue weighted by Crippen LogP contribution is -2.24. The van der Waals surface area contributed by atoms with Crippen LogP contribution >= 0.6 is 0 Å². The average Bonchev–Trinajstić information content (AvgIpc) is 3.19. The first kappa shape index (κ1) is 25.0. The van der Waals surface area contributed by atoms with Crippen molar-refractivity contribution in [2.75, 3.05) is 13.2 Å². The first-order valence-electron chi connectivity index (χ1n) is 12.0. The number of aryl methyl sites for hydroxylation is 3. The number of furan rings is 1. The Labute approximate surface area is 206 Å². The van der Waals surface area contributed by atoms with Gasteiger partial charge in [-0.2, -0.15) is 0 Å². The third kappa shape index (κ3) is 5.44. The lowest BCUT2D eigenvalue weighted by molar-refractivity contribution is -0.116. The molecule has 4 rings (SSSR count). The second-order valence-electron chi connectivity index (χ2n) is 8.96. The molecule has 1 aliphatic carbocycles. The average molecular weight is 497 g/mol. The molecule has 0 bridgehead atoms.